The molecule has 30 heavy (non-hydrogen) atoms. The van der Waals surface area contributed by atoms with E-state index in [-0.39, 0.29) is 16.9 Å². The van der Waals surface area contributed by atoms with Crippen LogP contribution in [0.15, 0.2) is 48.5 Å². The average molecular weight is 428 g/mol. The molecule has 2 aromatic rings. The van der Waals surface area contributed by atoms with Crippen molar-refractivity contribution in [3.63, 3.8) is 0 Å². The quantitative estimate of drug-likeness (QED) is 0.456. The highest BCUT2D eigenvalue weighted by Crippen LogP contribution is 2.15. The van der Waals surface area contributed by atoms with Crippen LogP contribution in [0.25, 0.3) is 0 Å². The Bertz CT molecular complexity index is 862. The van der Waals surface area contributed by atoms with E-state index in [4.69, 9.17) is 17.0 Å². The number of hydrazine groups is 1. The summed E-state index contributed by atoms with van der Waals surface area (Å²) in [6.45, 7) is 9.09. The van der Waals surface area contributed by atoms with Gasteiger partial charge in [-0.1, -0.05) is 39.8 Å². The van der Waals surface area contributed by atoms with Crippen LogP contribution in [0, 0.1) is 5.92 Å². The van der Waals surface area contributed by atoms with Crippen LogP contribution in [0.3, 0.4) is 0 Å². The van der Waals surface area contributed by atoms with Gasteiger partial charge in [0.15, 0.2) is 5.11 Å². The van der Waals surface area contributed by atoms with Gasteiger partial charge in [0.2, 0.25) is 0 Å². The van der Waals surface area contributed by atoms with Crippen LogP contribution >= 0.6 is 12.2 Å². The zero-order chi connectivity index (χ0) is 22.1. The number of carbonyl (C=O) groups excluding carboxylic acids is 2. The molecule has 0 radical (unpaired) electrons. The van der Waals surface area contributed by atoms with Gasteiger partial charge in [0, 0.05) is 11.1 Å². The van der Waals surface area contributed by atoms with Crippen molar-refractivity contribution in [2.45, 2.75) is 40.0 Å². The fourth-order valence-corrected chi connectivity index (χ4v) is 2.67. The smallest absolute Gasteiger partial charge is 0.269 e. The Labute approximate surface area is 183 Å². The molecule has 0 heterocycles. The van der Waals surface area contributed by atoms with Gasteiger partial charge in [-0.05, 0) is 72.4 Å². The molecule has 2 aromatic carbocycles. The molecule has 6 nitrogen and oxygen atoms in total. The highest BCUT2D eigenvalue weighted by molar-refractivity contribution is 7.80. The summed E-state index contributed by atoms with van der Waals surface area (Å²) in [5.41, 5.74) is 7.09. The lowest BCUT2D eigenvalue weighted by molar-refractivity contribution is 0.0934. The molecule has 0 spiro atoms. The van der Waals surface area contributed by atoms with Gasteiger partial charge >= 0.3 is 0 Å². The highest BCUT2D eigenvalue weighted by Gasteiger charge is 2.10. The normalized spacial score (nSPS) is 10.6. The minimum atomic E-state index is -0.374. The van der Waals surface area contributed by atoms with Crippen molar-refractivity contribution in [2.75, 3.05) is 6.61 Å². The van der Waals surface area contributed by atoms with Crippen molar-refractivity contribution >= 4 is 29.1 Å². The molecular formula is C23H29N3O3S. The minimum Gasteiger partial charge on any atom is -0.494 e. The zero-order valence-corrected chi connectivity index (χ0v) is 18.6. The first-order valence-electron chi connectivity index (χ1n) is 10.0. The van der Waals surface area contributed by atoms with E-state index in [9.17, 15) is 9.59 Å². The summed E-state index contributed by atoms with van der Waals surface area (Å²) >= 11 is 5.08. The Kier molecular flexibility index (Phi) is 8.80. The van der Waals surface area contributed by atoms with Crippen LogP contribution in [0.4, 0.5) is 0 Å². The van der Waals surface area contributed by atoms with Gasteiger partial charge in [-0.3, -0.25) is 25.8 Å². The van der Waals surface area contributed by atoms with Crippen molar-refractivity contribution in [1.29, 1.82) is 0 Å². The maximum atomic E-state index is 12.3. The highest BCUT2D eigenvalue weighted by atomic mass is 32.1. The predicted molar refractivity (Wildman–Crippen MR) is 123 cm³/mol. The minimum absolute atomic E-state index is 0.00919. The molecule has 0 aliphatic carbocycles. The molecule has 0 saturated heterocycles. The third kappa shape index (κ3) is 7.48. The molecule has 0 atom stereocenters. The van der Waals surface area contributed by atoms with Crippen LogP contribution in [-0.2, 0) is 0 Å². The number of ether oxygens (including phenoxy) is 1. The van der Waals surface area contributed by atoms with Crippen molar-refractivity contribution in [2.24, 2.45) is 5.92 Å². The maximum Gasteiger partial charge on any atom is 0.269 e. The molecule has 0 bridgehead atoms. The topological polar surface area (TPSA) is 79.5 Å². The lowest BCUT2D eigenvalue weighted by Gasteiger charge is -2.12. The summed E-state index contributed by atoms with van der Waals surface area (Å²) in [6, 6.07) is 14.1. The van der Waals surface area contributed by atoms with Crippen LogP contribution in [-0.4, -0.2) is 23.5 Å². The standard InChI is InChI=1S/C23H29N3O3S/c1-15(2)13-14-29-20-11-9-19(10-12-20)22(28)25-26-23(30)24-21(27)18-7-5-17(6-8-18)16(3)4/h5-12,15-16H,13-14H2,1-4H3,(H,25,28)(H2,24,26,27,30). The van der Waals surface area contributed by atoms with Crippen molar-refractivity contribution in [3.05, 3.63) is 65.2 Å². The molecule has 0 aliphatic heterocycles. The Morgan fingerprint density at radius 2 is 1.43 bits per heavy atom. The third-order valence-corrected chi connectivity index (χ3v) is 4.64. The fourth-order valence-electron chi connectivity index (χ4n) is 2.53. The van der Waals surface area contributed by atoms with E-state index in [1.54, 1.807) is 36.4 Å². The van der Waals surface area contributed by atoms with Gasteiger partial charge < -0.3 is 4.74 Å². The second kappa shape index (κ2) is 11.3. The summed E-state index contributed by atoms with van der Waals surface area (Å²) in [5, 5.41) is 2.55. The molecular weight excluding hydrogens is 398 g/mol. The molecule has 3 N–H and O–H groups in total. The van der Waals surface area contributed by atoms with Crippen LogP contribution in [0.5, 0.6) is 5.75 Å². The number of carbonyl (C=O) groups is 2. The zero-order valence-electron chi connectivity index (χ0n) is 17.8. The van der Waals surface area contributed by atoms with E-state index in [0.29, 0.717) is 35.3 Å². The average Bonchev–Trinajstić information content (AvgIpc) is 2.72. The fraction of sp³-hybridized carbons (Fsp3) is 0.348. The molecule has 0 unspecified atom stereocenters. The van der Waals surface area contributed by atoms with Gasteiger partial charge in [-0.25, -0.2) is 0 Å². The number of hydrogen-bond acceptors (Lipinski definition) is 4. The van der Waals surface area contributed by atoms with Gasteiger partial charge in [0.25, 0.3) is 11.8 Å². The Morgan fingerprint density at radius 3 is 2.00 bits per heavy atom. The Morgan fingerprint density at radius 1 is 0.867 bits per heavy atom. The monoisotopic (exact) mass is 427 g/mol. The first-order valence-corrected chi connectivity index (χ1v) is 10.4. The molecule has 2 rings (SSSR count). The summed E-state index contributed by atoms with van der Waals surface area (Å²) in [4.78, 5) is 24.5. The summed E-state index contributed by atoms with van der Waals surface area (Å²) in [6.07, 6.45) is 0.969. The number of nitrogens with one attached hydrogen (secondary N) is 3. The van der Waals surface area contributed by atoms with Gasteiger partial charge in [0.05, 0.1) is 6.61 Å². The first kappa shape index (κ1) is 23.3. The number of benzene rings is 2. The van der Waals surface area contributed by atoms with Crippen LogP contribution in [0.1, 0.15) is 66.3 Å². The van der Waals surface area contributed by atoms with Gasteiger partial charge in [0.1, 0.15) is 5.75 Å². The summed E-state index contributed by atoms with van der Waals surface area (Å²) < 4.78 is 5.64. The molecule has 7 heteroatoms. The predicted octanol–water partition coefficient (Wildman–Crippen LogP) is 4.18. The maximum absolute atomic E-state index is 12.3. The molecule has 2 amide bonds. The second-order valence-corrected chi connectivity index (χ2v) is 8.10. The Hall–Kier alpha value is -2.93. The van der Waals surface area contributed by atoms with Gasteiger partial charge in [-0.2, -0.15) is 0 Å². The second-order valence-electron chi connectivity index (χ2n) is 7.69. The number of thiocarbonyl (C=S) groups is 1. The van der Waals surface area contributed by atoms with Crippen molar-refractivity contribution in [1.82, 2.24) is 16.2 Å². The molecule has 160 valence electrons. The van der Waals surface area contributed by atoms with E-state index >= 15 is 0 Å². The molecule has 0 aromatic heterocycles. The van der Waals surface area contributed by atoms with E-state index in [1.807, 2.05) is 12.1 Å². The Balaban J connectivity index is 1.79. The summed E-state index contributed by atoms with van der Waals surface area (Å²) in [5.74, 6) is 0.957. The van der Waals surface area contributed by atoms with Crippen LogP contribution in [0.2, 0.25) is 0 Å². The van der Waals surface area contributed by atoms with Crippen molar-refractivity contribution < 1.29 is 14.3 Å². The molecule has 0 fully saturated rings. The van der Waals surface area contributed by atoms with Gasteiger partial charge in [-0.15, -0.1) is 0 Å². The lowest BCUT2D eigenvalue weighted by atomic mass is 10.0. The van der Waals surface area contributed by atoms with E-state index in [2.05, 4.69) is 43.9 Å². The number of amides is 2. The van der Waals surface area contributed by atoms with Crippen molar-refractivity contribution in [3.8, 4) is 5.75 Å². The van der Waals surface area contributed by atoms with E-state index in [0.717, 1.165) is 12.0 Å². The molecule has 0 aliphatic rings. The lowest BCUT2D eigenvalue weighted by Crippen LogP contribution is -2.48. The summed E-state index contributed by atoms with van der Waals surface area (Å²) in [7, 11) is 0. The van der Waals surface area contributed by atoms with Crippen LogP contribution < -0.4 is 20.9 Å². The third-order valence-electron chi connectivity index (χ3n) is 4.44. The van der Waals surface area contributed by atoms with E-state index in [1.165, 1.54) is 0 Å². The molecule has 0 saturated carbocycles. The SMILES string of the molecule is CC(C)CCOc1ccc(C(=O)NNC(=S)NC(=O)c2ccc(C(C)C)cc2)cc1. The largest absolute Gasteiger partial charge is 0.494 e. The first-order chi connectivity index (χ1) is 14.3. The number of rotatable bonds is 7. The number of hydrogen-bond donors (Lipinski definition) is 3. The van der Waals surface area contributed by atoms with E-state index < -0.39 is 0 Å².